The summed E-state index contributed by atoms with van der Waals surface area (Å²) in [7, 11) is 0. The summed E-state index contributed by atoms with van der Waals surface area (Å²) in [5.41, 5.74) is 1.98. The van der Waals surface area contributed by atoms with E-state index in [0.29, 0.717) is 6.54 Å². The first-order valence-electron chi connectivity index (χ1n) is 7.09. The van der Waals surface area contributed by atoms with Crippen LogP contribution in [0, 0.1) is 6.92 Å². The number of imidazole rings is 1. The Hall–Kier alpha value is -1.30. The van der Waals surface area contributed by atoms with Crippen molar-refractivity contribution in [3.05, 3.63) is 30.1 Å². The highest BCUT2D eigenvalue weighted by atomic mass is 35.5. The van der Waals surface area contributed by atoms with Gasteiger partial charge in [0.05, 0.1) is 11.0 Å². The molecule has 2 aromatic rings. The van der Waals surface area contributed by atoms with E-state index in [4.69, 9.17) is 0 Å². The van der Waals surface area contributed by atoms with Crippen LogP contribution in [0.25, 0.3) is 11.0 Å². The van der Waals surface area contributed by atoms with Crippen molar-refractivity contribution in [2.45, 2.75) is 26.4 Å². The predicted octanol–water partition coefficient (Wildman–Crippen LogP) is 2.01. The van der Waals surface area contributed by atoms with Gasteiger partial charge in [0.1, 0.15) is 12.4 Å². The summed E-state index contributed by atoms with van der Waals surface area (Å²) in [6.45, 7) is 6.94. The number of nitrogens with one attached hydrogen (secondary N) is 1. The van der Waals surface area contributed by atoms with E-state index in [2.05, 4.69) is 17.2 Å². The number of piperazine rings is 1. The van der Waals surface area contributed by atoms with Crippen molar-refractivity contribution in [3.63, 3.8) is 0 Å². The lowest BCUT2D eigenvalue weighted by molar-refractivity contribution is -0.134. The molecule has 7 heteroatoms. The molecule has 1 saturated heterocycles. The summed E-state index contributed by atoms with van der Waals surface area (Å²) in [5.74, 6) is 1.06. The number of carbonyl (C=O) groups is 1. The largest absolute Gasteiger partial charge is 0.336 e. The lowest BCUT2D eigenvalue weighted by Crippen LogP contribution is -2.53. The molecule has 0 unspecified atom stereocenters. The standard InChI is InChI=1S/C15H20N4O.2ClH/c1-11-9-16-7-8-18(11)15(20)10-19-12(2)17-13-5-3-4-6-14(13)19;;/h3-6,11,16H,7-10H2,1-2H3;2*1H/t11-;;/m0../s1. The number of para-hydroxylation sites is 2. The zero-order valence-electron chi connectivity index (χ0n) is 12.8. The highest BCUT2D eigenvalue weighted by Crippen LogP contribution is 2.16. The normalized spacial score (nSPS) is 17.7. The minimum atomic E-state index is 0. The third-order valence-corrected chi connectivity index (χ3v) is 3.96. The molecule has 1 aliphatic heterocycles. The third-order valence-electron chi connectivity index (χ3n) is 3.96. The van der Waals surface area contributed by atoms with Crippen molar-refractivity contribution in [3.8, 4) is 0 Å². The number of hydrogen-bond donors (Lipinski definition) is 1. The van der Waals surface area contributed by atoms with Gasteiger partial charge in [-0.05, 0) is 26.0 Å². The maximum atomic E-state index is 12.5. The summed E-state index contributed by atoms with van der Waals surface area (Å²) in [6, 6.07) is 8.21. The number of hydrogen-bond acceptors (Lipinski definition) is 3. The molecule has 1 fully saturated rings. The van der Waals surface area contributed by atoms with Crippen molar-refractivity contribution < 1.29 is 4.79 Å². The molecule has 0 bridgehead atoms. The van der Waals surface area contributed by atoms with Gasteiger partial charge in [-0.15, -0.1) is 24.8 Å². The maximum Gasteiger partial charge on any atom is 0.242 e. The second-order valence-corrected chi connectivity index (χ2v) is 5.37. The van der Waals surface area contributed by atoms with Crippen LogP contribution in [-0.2, 0) is 11.3 Å². The first kappa shape index (κ1) is 18.7. The van der Waals surface area contributed by atoms with Crippen LogP contribution in [-0.4, -0.2) is 46.0 Å². The van der Waals surface area contributed by atoms with E-state index in [1.807, 2.05) is 40.7 Å². The van der Waals surface area contributed by atoms with Gasteiger partial charge in [-0.2, -0.15) is 0 Å². The van der Waals surface area contributed by atoms with Gasteiger partial charge in [0.2, 0.25) is 5.91 Å². The Morgan fingerprint density at radius 2 is 2.09 bits per heavy atom. The zero-order chi connectivity index (χ0) is 14.1. The van der Waals surface area contributed by atoms with Crippen LogP contribution >= 0.6 is 24.8 Å². The Labute approximate surface area is 142 Å². The lowest BCUT2D eigenvalue weighted by atomic mass is 10.2. The Balaban J connectivity index is 0.00000121. The van der Waals surface area contributed by atoms with Crippen molar-refractivity contribution >= 4 is 41.8 Å². The van der Waals surface area contributed by atoms with Gasteiger partial charge in [-0.25, -0.2) is 4.98 Å². The maximum absolute atomic E-state index is 12.5. The van der Waals surface area contributed by atoms with E-state index in [9.17, 15) is 4.79 Å². The van der Waals surface area contributed by atoms with Gasteiger partial charge in [-0.3, -0.25) is 4.79 Å². The minimum absolute atomic E-state index is 0. The van der Waals surface area contributed by atoms with Crippen LogP contribution in [0.15, 0.2) is 24.3 Å². The van der Waals surface area contributed by atoms with Crippen molar-refractivity contribution in [2.75, 3.05) is 19.6 Å². The number of aryl methyl sites for hydroxylation is 1. The topological polar surface area (TPSA) is 50.2 Å². The first-order chi connectivity index (χ1) is 9.66. The number of benzene rings is 1. The van der Waals surface area contributed by atoms with Crippen molar-refractivity contribution in [2.24, 2.45) is 0 Å². The number of aromatic nitrogens is 2. The predicted molar refractivity (Wildman–Crippen MR) is 93.0 cm³/mol. The van der Waals surface area contributed by atoms with E-state index in [1.165, 1.54) is 0 Å². The number of fused-ring (bicyclic) bond motifs is 1. The van der Waals surface area contributed by atoms with E-state index >= 15 is 0 Å². The molecular formula is C15H22Cl2N4O. The average Bonchev–Trinajstić information content (AvgIpc) is 2.76. The number of rotatable bonds is 2. The molecule has 0 saturated carbocycles. The summed E-state index contributed by atoms with van der Waals surface area (Å²) in [6.07, 6.45) is 0. The SMILES string of the molecule is Cc1nc2ccccc2n1CC(=O)N1CCNC[C@@H]1C.Cl.Cl. The fourth-order valence-corrected chi connectivity index (χ4v) is 2.83. The summed E-state index contributed by atoms with van der Waals surface area (Å²) < 4.78 is 2.01. The molecule has 1 aromatic heterocycles. The van der Waals surface area contributed by atoms with Crippen molar-refractivity contribution in [1.29, 1.82) is 0 Å². The molecule has 1 N–H and O–H groups in total. The summed E-state index contributed by atoms with van der Waals surface area (Å²) in [4.78, 5) is 19.0. The van der Waals surface area contributed by atoms with Crippen LogP contribution in [0.1, 0.15) is 12.7 Å². The highest BCUT2D eigenvalue weighted by Gasteiger charge is 2.23. The molecule has 0 radical (unpaired) electrons. The second kappa shape index (κ2) is 7.81. The molecule has 22 heavy (non-hydrogen) atoms. The van der Waals surface area contributed by atoms with Gasteiger partial charge < -0.3 is 14.8 Å². The molecule has 122 valence electrons. The lowest BCUT2D eigenvalue weighted by Gasteiger charge is -2.34. The monoisotopic (exact) mass is 344 g/mol. The molecule has 0 spiro atoms. The summed E-state index contributed by atoms with van der Waals surface area (Å²) in [5, 5.41) is 3.31. The number of halogens is 2. The van der Waals surface area contributed by atoms with Crippen molar-refractivity contribution in [1.82, 2.24) is 19.8 Å². The highest BCUT2D eigenvalue weighted by molar-refractivity contribution is 5.85. The quantitative estimate of drug-likeness (QED) is 0.906. The molecule has 2 heterocycles. The number of amides is 1. The second-order valence-electron chi connectivity index (χ2n) is 5.37. The minimum Gasteiger partial charge on any atom is -0.336 e. The van der Waals surface area contributed by atoms with E-state index in [1.54, 1.807) is 0 Å². The number of carbonyl (C=O) groups excluding carboxylic acids is 1. The molecular weight excluding hydrogens is 323 g/mol. The van der Waals surface area contributed by atoms with Crippen LogP contribution in [0.5, 0.6) is 0 Å². The Bertz CT molecular complexity index is 644. The fourth-order valence-electron chi connectivity index (χ4n) is 2.83. The van der Waals surface area contributed by atoms with E-state index < -0.39 is 0 Å². The average molecular weight is 345 g/mol. The molecule has 1 amide bonds. The van der Waals surface area contributed by atoms with E-state index in [-0.39, 0.29) is 36.8 Å². The van der Waals surface area contributed by atoms with Gasteiger partial charge in [0, 0.05) is 25.7 Å². The molecule has 3 rings (SSSR count). The fraction of sp³-hybridized carbons (Fsp3) is 0.467. The third kappa shape index (κ3) is 3.54. The summed E-state index contributed by atoms with van der Waals surface area (Å²) >= 11 is 0. The molecule has 5 nitrogen and oxygen atoms in total. The zero-order valence-corrected chi connectivity index (χ0v) is 14.4. The van der Waals surface area contributed by atoms with E-state index in [0.717, 1.165) is 36.5 Å². The van der Waals surface area contributed by atoms with Crippen LogP contribution in [0.3, 0.4) is 0 Å². The Kier molecular flexibility index (Phi) is 6.66. The van der Waals surface area contributed by atoms with Gasteiger partial charge in [-0.1, -0.05) is 12.1 Å². The van der Waals surface area contributed by atoms with Gasteiger partial charge >= 0.3 is 0 Å². The Morgan fingerprint density at radius 3 is 2.82 bits per heavy atom. The Morgan fingerprint density at radius 1 is 1.36 bits per heavy atom. The van der Waals surface area contributed by atoms with Crippen LogP contribution < -0.4 is 5.32 Å². The van der Waals surface area contributed by atoms with Gasteiger partial charge in [0.25, 0.3) is 0 Å². The molecule has 1 aliphatic rings. The van der Waals surface area contributed by atoms with Gasteiger partial charge in [0.15, 0.2) is 0 Å². The molecule has 1 atom stereocenters. The molecule has 1 aromatic carbocycles. The number of nitrogens with zero attached hydrogens (tertiary/aromatic N) is 3. The van der Waals surface area contributed by atoms with Crippen LogP contribution in [0.4, 0.5) is 0 Å². The smallest absolute Gasteiger partial charge is 0.242 e. The van der Waals surface area contributed by atoms with Crippen LogP contribution in [0.2, 0.25) is 0 Å². The molecule has 0 aliphatic carbocycles. The first-order valence-corrected chi connectivity index (χ1v) is 7.09.